The molecule has 0 unspecified atom stereocenters. The fourth-order valence-electron chi connectivity index (χ4n) is 1.79. The van der Waals surface area contributed by atoms with Gasteiger partial charge in [0.25, 0.3) is 0 Å². The van der Waals surface area contributed by atoms with E-state index < -0.39 is 17.7 Å². The lowest BCUT2D eigenvalue weighted by Crippen LogP contribution is -2.46. The highest BCUT2D eigenvalue weighted by Gasteiger charge is 2.24. The van der Waals surface area contributed by atoms with E-state index in [1.807, 2.05) is 0 Å². The van der Waals surface area contributed by atoms with Gasteiger partial charge in [0.1, 0.15) is 5.60 Å². The third kappa shape index (κ3) is 6.21. The Kier molecular flexibility index (Phi) is 6.22. The number of ether oxygens (including phenoxy) is 2. The molecule has 1 fully saturated rings. The van der Waals surface area contributed by atoms with E-state index in [0.717, 1.165) is 0 Å². The van der Waals surface area contributed by atoms with Crippen molar-refractivity contribution in [2.75, 3.05) is 32.9 Å². The summed E-state index contributed by atoms with van der Waals surface area (Å²) in [6.45, 7) is 7.07. The molecular weight excluding hydrogens is 264 g/mol. The van der Waals surface area contributed by atoms with Gasteiger partial charge in [0.05, 0.1) is 25.9 Å². The molecule has 0 aliphatic carbocycles. The zero-order valence-corrected chi connectivity index (χ0v) is 12.3. The molecule has 0 aromatic carbocycles. The van der Waals surface area contributed by atoms with Crippen LogP contribution >= 0.6 is 0 Å². The molecule has 7 heteroatoms. The molecule has 1 aliphatic rings. The molecule has 1 saturated heterocycles. The van der Waals surface area contributed by atoms with E-state index in [9.17, 15) is 14.7 Å². The standard InChI is InChI=1S/C13H24N2O5/c1-13(2,3)20-12(18)14-10(9-16)8-11(17)15-4-6-19-7-5-15/h10,16H,4-9H2,1-3H3,(H,14,18)/t10-/m0/s1. The van der Waals surface area contributed by atoms with Crippen LogP contribution in [0.3, 0.4) is 0 Å². The number of hydrogen-bond acceptors (Lipinski definition) is 5. The summed E-state index contributed by atoms with van der Waals surface area (Å²) >= 11 is 0. The molecule has 0 aromatic rings. The van der Waals surface area contributed by atoms with Crippen molar-refractivity contribution in [1.82, 2.24) is 10.2 Å². The molecule has 2 amide bonds. The van der Waals surface area contributed by atoms with Gasteiger partial charge in [-0.3, -0.25) is 4.79 Å². The molecule has 2 N–H and O–H groups in total. The number of nitrogens with one attached hydrogen (secondary N) is 1. The summed E-state index contributed by atoms with van der Waals surface area (Å²) in [6, 6.07) is -0.639. The van der Waals surface area contributed by atoms with E-state index in [0.29, 0.717) is 26.3 Å². The molecule has 0 bridgehead atoms. The highest BCUT2D eigenvalue weighted by molar-refractivity contribution is 5.78. The normalized spacial score (nSPS) is 17.5. The topological polar surface area (TPSA) is 88.1 Å². The largest absolute Gasteiger partial charge is 0.444 e. The zero-order valence-electron chi connectivity index (χ0n) is 12.3. The van der Waals surface area contributed by atoms with Gasteiger partial charge < -0.3 is 24.8 Å². The fraction of sp³-hybridized carbons (Fsp3) is 0.846. The minimum Gasteiger partial charge on any atom is -0.444 e. The molecule has 1 atom stereocenters. The van der Waals surface area contributed by atoms with Crippen LogP contribution in [0.1, 0.15) is 27.2 Å². The molecule has 116 valence electrons. The molecule has 0 spiro atoms. The molecule has 0 radical (unpaired) electrons. The van der Waals surface area contributed by atoms with Gasteiger partial charge in [-0.15, -0.1) is 0 Å². The Balaban J connectivity index is 2.41. The minimum atomic E-state index is -0.639. The summed E-state index contributed by atoms with van der Waals surface area (Å²) in [7, 11) is 0. The summed E-state index contributed by atoms with van der Waals surface area (Å²) in [4.78, 5) is 25.3. The molecule has 1 heterocycles. The molecular formula is C13H24N2O5. The van der Waals surface area contributed by atoms with Crippen LogP contribution in [0.15, 0.2) is 0 Å². The van der Waals surface area contributed by atoms with Crippen LogP contribution in [-0.2, 0) is 14.3 Å². The average molecular weight is 288 g/mol. The van der Waals surface area contributed by atoms with Crippen LogP contribution in [0.5, 0.6) is 0 Å². The first kappa shape index (κ1) is 16.7. The van der Waals surface area contributed by atoms with E-state index in [2.05, 4.69) is 5.32 Å². The highest BCUT2D eigenvalue weighted by atomic mass is 16.6. The van der Waals surface area contributed by atoms with Gasteiger partial charge >= 0.3 is 6.09 Å². The minimum absolute atomic E-state index is 0.0513. The van der Waals surface area contributed by atoms with Crippen LogP contribution in [0.25, 0.3) is 0 Å². The van der Waals surface area contributed by atoms with Crippen molar-refractivity contribution in [3.8, 4) is 0 Å². The first-order chi connectivity index (χ1) is 9.31. The lowest BCUT2D eigenvalue weighted by Gasteiger charge is -2.28. The molecule has 1 aliphatic heterocycles. The lowest BCUT2D eigenvalue weighted by molar-refractivity contribution is -0.136. The zero-order chi connectivity index (χ0) is 15.2. The number of alkyl carbamates (subject to hydrolysis) is 1. The van der Waals surface area contributed by atoms with Crippen LogP contribution in [0, 0.1) is 0 Å². The van der Waals surface area contributed by atoms with Crippen molar-refractivity contribution < 1.29 is 24.2 Å². The molecule has 0 saturated carbocycles. The second kappa shape index (κ2) is 7.44. The van der Waals surface area contributed by atoms with Gasteiger partial charge in [-0.25, -0.2) is 4.79 Å². The number of amides is 2. The second-order valence-corrected chi connectivity index (χ2v) is 5.72. The molecule has 1 rings (SSSR count). The monoisotopic (exact) mass is 288 g/mol. The first-order valence-electron chi connectivity index (χ1n) is 6.77. The molecule has 20 heavy (non-hydrogen) atoms. The Bertz CT molecular complexity index is 334. The van der Waals surface area contributed by atoms with Crippen molar-refractivity contribution in [2.45, 2.75) is 38.8 Å². The number of hydrogen-bond donors (Lipinski definition) is 2. The number of rotatable bonds is 4. The van der Waals surface area contributed by atoms with E-state index >= 15 is 0 Å². The Morgan fingerprint density at radius 2 is 1.95 bits per heavy atom. The maximum absolute atomic E-state index is 12.0. The van der Waals surface area contributed by atoms with Gasteiger partial charge in [0, 0.05) is 19.5 Å². The average Bonchev–Trinajstić information content (AvgIpc) is 2.36. The Labute approximate surface area is 119 Å². The summed E-state index contributed by atoms with van der Waals surface area (Å²) in [6.07, 6.45) is -0.582. The van der Waals surface area contributed by atoms with Crippen molar-refractivity contribution in [2.24, 2.45) is 0 Å². The van der Waals surface area contributed by atoms with Crippen molar-refractivity contribution >= 4 is 12.0 Å². The summed E-state index contributed by atoms with van der Waals surface area (Å²) < 4.78 is 10.3. The lowest BCUT2D eigenvalue weighted by atomic mass is 10.2. The molecule has 0 aromatic heterocycles. The van der Waals surface area contributed by atoms with E-state index in [4.69, 9.17) is 9.47 Å². The van der Waals surface area contributed by atoms with E-state index in [1.165, 1.54) is 0 Å². The quantitative estimate of drug-likeness (QED) is 0.767. The van der Waals surface area contributed by atoms with Crippen molar-refractivity contribution in [3.63, 3.8) is 0 Å². The predicted molar refractivity (Wildman–Crippen MR) is 72.3 cm³/mol. The summed E-state index contributed by atoms with van der Waals surface area (Å²) in [5, 5.41) is 11.8. The van der Waals surface area contributed by atoms with Gasteiger partial charge in [0.15, 0.2) is 0 Å². The van der Waals surface area contributed by atoms with Crippen LogP contribution in [0.2, 0.25) is 0 Å². The van der Waals surface area contributed by atoms with Crippen LogP contribution in [0.4, 0.5) is 4.79 Å². The third-order valence-corrected chi connectivity index (χ3v) is 2.73. The van der Waals surface area contributed by atoms with Crippen molar-refractivity contribution in [3.05, 3.63) is 0 Å². The fourth-order valence-corrected chi connectivity index (χ4v) is 1.79. The number of aliphatic hydroxyl groups excluding tert-OH is 1. The summed E-state index contributed by atoms with van der Waals surface area (Å²) in [5.41, 5.74) is -0.613. The number of carbonyl (C=O) groups excluding carboxylic acids is 2. The van der Waals surface area contributed by atoms with Gasteiger partial charge in [-0.1, -0.05) is 0 Å². The highest BCUT2D eigenvalue weighted by Crippen LogP contribution is 2.08. The number of aliphatic hydroxyl groups is 1. The Morgan fingerprint density at radius 1 is 1.35 bits per heavy atom. The van der Waals surface area contributed by atoms with Gasteiger partial charge in [-0.05, 0) is 20.8 Å². The van der Waals surface area contributed by atoms with Crippen LogP contribution in [-0.4, -0.2) is 66.6 Å². The SMILES string of the molecule is CC(C)(C)OC(=O)N[C@H](CO)CC(=O)N1CCOCC1. The predicted octanol–water partition coefficient (Wildman–Crippen LogP) is 0.121. The summed E-state index contributed by atoms with van der Waals surface area (Å²) in [5.74, 6) is -0.108. The number of nitrogens with zero attached hydrogens (tertiary/aromatic N) is 1. The first-order valence-corrected chi connectivity index (χ1v) is 6.77. The van der Waals surface area contributed by atoms with Gasteiger partial charge in [-0.2, -0.15) is 0 Å². The van der Waals surface area contributed by atoms with Crippen LogP contribution < -0.4 is 5.32 Å². The Morgan fingerprint density at radius 3 is 2.45 bits per heavy atom. The Hall–Kier alpha value is -1.34. The maximum atomic E-state index is 12.0. The van der Waals surface area contributed by atoms with Crippen molar-refractivity contribution in [1.29, 1.82) is 0 Å². The smallest absolute Gasteiger partial charge is 0.407 e. The second-order valence-electron chi connectivity index (χ2n) is 5.72. The third-order valence-electron chi connectivity index (χ3n) is 2.73. The van der Waals surface area contributed by atoms with Gasteiger partial charge in [0.2, 0.25) is 5.91 Å². The number of morpholine rings is 1. The number of carbonyl (C=O) groups is 2. The van der Waals surface area contributed by atoms with E-state index in [-0.39, 0.29) is 18.9 Å². The van der Waals surface area contributed by atoms with E-state index in [1.54, 1.807) is 25.7 Å². The maximum Gasteiger partial charge on any atom is 0.407 e. The molecule has 7 nitrogen and oxygen atoms in total.